The highest BCUT2D eigenvalue weighted by Crippen LogP contribution is 2.25. The van der Waals surface area contributed by atoms with Crippen molar-refractivity contribution < 1.29 is 29.5 Å². The molecule has 1 heterocycles. The molecule has 0 spiro atoms. The van der Waals surface area contributed by atoms with E-state index in [0.29, 0.717) is 23.8 Å². The number of benzene rings is 5. The Labute approximate surface area is 369 Å². The normalized spacial score (nSPS) is 9.53. The van der Waals surface area contributed by atoms with E-state index in [1.165, 1.54) is 29.4 Å². The predicted molar refractivity (Wildman–Crippen MR) is 252 cm³/mol. The second kappa shape index (κ2) is 29.1. The number of aromatic hydroxyl groups is 3. The predicted octanol–water partition coefficient (Wildman–Crippen LogP) is 11.5. The molecule has 4 N–H and O–H groups in total. The van der Waals surface area contributed by atoms with E-state index in [9.17, 15) is 5.11 Å². The molecule has 1 aromatic heterocycles. The molecule has 0 radical (unpaired) electrons. The third kappa shape index (κ3) is 21.1. The van der Waals surface area contributed by atoms with Gasteiger partial charge in [-0.3, -0.25) is 0 Å². The summed E-state index contributed by atoms with van der Waals surface area (Å²) in [6, 6.07) is 30.6. The monoisotopic (exact) mass is 840 g/mol. The van der Waals surface area contributed by atoms with Gasteiger partial charge in [0.15, 0.2) is 11.5 Å². The number of hydrogen-bond acceptors (Lipinski definition) is 10. The number of methoxy groups -OCH3 is 3. The molecule has 0 amide bonds. The second-order valence-corrected chi connectivity index (χ2v) is 14.2. The van der Waals surface area contributed by atoms with Gasteiger partial charge in [-0.2, -0.15) is 5.26 Å². The zero-order valence-electron chi connectivity index (χ0n) is 38.4. The molecule has 0 saturated heterocycles. The summed E-state index contributed by atoms with van der Waals surface area (Å²) in [5.74, 6) is 3.60. The summed E-state index contributed by atoms with van der Waals surface area (Å²) in [6.07, 6.45) is 8.54. The van der Waals surface area contributed by atoms with Crippen molar-refractivity contribution >= 4 is 0 Å². The number of phenolic OH excluding ortho intramolecular Hbond substituents is 3. The minimum absolute atomic E-state index is 0.188. The SMILES string of the molecule is C=CC=CNCc1cc(C)ccc1O.COc1cc(C)ccc1C.COc1cc(C)ccc1C.COc1cc(C)ccc1O.Cc1ccc(C)c(O)c1.Cc1cnc(C#N)nc1. The molecule has 10 nitrogen and oxygen atoms in total. The molecule has 6 aromatic rings. The molecule has 0 atom stereocenters. The minimum atomic E-state index is 0.188. The number of hydrogen-bond donors (Lipinski definition) is 4. The lowest BCUT2D eigenvalue weighted by Gasteiger charge is -2.05. The third-order valence-electron chi connectivity index (χ3n) is 8.59. The Balaban J connectivity index is 0.000000375. The number of aromatic nitrogens is 2. The Morgan fingerprint density at radius 1 is 0.548 bits per heavy atom. The number of nitriles is 1. The van der Waals surface area contributed by atoms with Crippen LogP contribution in [0.25, 0.3) is 0 Å². The number of ether oxygens (including phenoxy) is 3. The maximum atomic E-state index is 9.51. The summed E-state index contributed by atoms with van der Waals surface area (Å²) >= 11 is 0. The van der Waals surface area contributed by atoms with Crippen LogP contribution in [0, 0.1) is 73.6 Å². The molecule has 5 aromatic carbocycles. The average Bonchev–Trinajstić information content (AvgIpc) is 3.26. The minimum Gasteiger partial charge on any atom is -0.508 e. The van der Waals surface area contributed by atoms with Crippen molar-refractivity contribution in [3.05, 3.63) is 190 Å². The largest absolute Gasteiger partial charge is 0.508 e. The van der Waals surface area contributed by atoms with Crippen LogP contribution in [-0.4, -0.2) is 46.6 Å². The Bertz CT molecular complexity index is 2210. The van der Waals surface area contributed by atoms with Crippen LogP contribution in [0.4, 0.5) is 0 Å². The van der Waals surface area contributed by atoms with Gasteiger partial charge in [0, 0.05) is 24.5 Å². The van der Waals surface area contributed by atoms with Gasteiger partial charge in [0.25, 0.3) is 0 Å². The van der Waals surface area contributed by atoms with Crippen molar-refractivity contribution in [3.63, 3.8) is 0 Å². The lowest BCUT2D eigenvalue weighted by Crippen LogP contribution is -2.04. The van der Waals surface area contributed by atoms with E-state index >= 15 is 0 Å². The second-order valence-electron chi connectivity index (χ2n) is 14.2. The Morgan fingerprint density at radius 2 is 0.968 bits per heavy atom. The van der Waals surface area contributed by atoms with Gasteiger partial charge in [-0.15, -0.1) is 0 Å². The Morgan fingerprint density at radius 3 is 1.37 bits per heavy atom. The van der Waals surface area contributed by atoms with E-state index in [-0.39, 0.29) is 11.6 Å². The highest BCUT2D eigenvalue weighted by Gasteiger charge is 2.00. The highest BCUT2D eigenvalue weighted by molar-refractivity contribution is 5.41. The fraction of sp³-hybridized carbons (Fsp3) is 0.250. The summed E-state index contributed by atoms with van der Waals surface area (Å²) in [5, 5.41) is 39.0. The summed E-state index contributed by atoms with van der Waals surface area (Å²) in [7, 11) is 4.93. The van der Waals surface area contributed by atoms with Crippen LogP contribution in [0.15, 0.2) is 128 Å². The Kier molecular flexibility index (Phi) is 24.7. The summed E-state index contributed by atoms with van der Waals surface area (Å²) in [4.78, 5) is 7.45. The lowest BCUT2D eigenvalue weighted by atomic mass is 10.1. The number of phenols is 3. The van der Waals surface area contributed by atoms with Gasteiger partial charge in [-0.1, -0.05) is 72.8 Å². The van der Waals surface area contributed by atoms with Crippen molar-refractivity contribution in [2.75, 3.05) is 21.3 Å². The van der Waals surface area contributed by atoms with Gasteiger partial charge < -0.3 is 34.8 Å². The first-order valence-corrected chi connectivity index (χ1v) is 19.8. The van der Waals surface area contributed by atoms with E-state index < -0.39 is 0 Å². The molecule has 6 rings (SSSR count). The molecule has 10 heteroatoms. The number of aryl methyl sites for hydroxylation is 9. The number of nitrogens with one attached hydrogen (secondary N) is 1. The Hall–Kier alpha value is -7.25. The van der Waals surface area contributed by atoms with Crippen LogP contribution in [0.2, 0.25) is 0 Å². The fourth-order valence-corrected chi connectivity index (χ4v) is 4.97. The van der Waals surface area contributed by atoms with Crippen LogP contribution in [-0.2, 0) is 6.54 Å². The number of nitrogens with zero attached hydrogens (tertiary/aromatic N) is 3. The quantitative estimate of drug-likeness (QED) is 0.114. The van der Waals surface area contributed by atoms with Crippen molar-refractivity contribution in [2.24, 2.45) is 0 Å². The van der Waals surface area contributed by atoms with Crippen LogP contribution < -0.4 is 19.5 Å². The zero-order chi connectivity index (χ0) is 46.6. The maximum Gasteiger partial charge on any atom is 0.232 e. The van der Waals surface area contributed by atoms with E-state index in [2.05, 4.69) is 60.0 Å². The van der Waals surface area contributed by atoms with E-state index in [1.807, 2.05) is 103 Å². The first kappa shape index (κ1) is 52.8. The van der Waals surface area contributed by atoms with Gasteiger partial charge in [-0.25, -0.2) is 9.97 Å². The van der Waals surface area contributed by atoms with Gasteiger partial charge in [0.2, 0.25) is 5.82 Å². The smallest absolute Gasteiger partial charge is 0.232 e. The first-order valence-electron chi connectivity index (χ1n) is 19.8. The van der Waals surface area contributed by atoms with Crippen LogP contribution >= 0.6 is 0 Å². The topological polar surface area (TPSA) is 150 Å². The molecule has 0 fully saturated rings. The molecular weight excluding hydrogens is 777 g/mol. The standard InChI is InChI=1S/C12H15NO.2C9H12O.C8H10O2.C8H10O.C6H5N3/c1-3-4-7-13-9-11-8-10(2)5-6-12(11)14;2*1-7-4-5-8(2)9(6-7)10-3;1-6-3-4-7(9)8(5-6)10-2;1-6-3-4-7(2)8(9)5-6;1-5-3-8-6(2-7)9-4-5/h3-8,13-14H,1,9H2,2H3;2*4-6H,1-3H3;3-5,9H,1-2H3;3-5,9H,1-2H3;3-4H,1H3. The van der Waals surface area contributed by atoms with Gasteiger partial charge in [0.1, 0.15) is 29.1 Å². The van der Waals surface area contributed by atoms with Crippen LogP contribution in [0.5, 0.6) is 34.5 Å². The molecule has 0 bridgehead atoms. The van der Waals surface area contributed by atoms with E-state index in [4.69, 9.17) is 29.7 Å². The molecule has 0 saturated carbocycles. The molecule has 62 heavy (non-hydrogen) atoms. The maximum absolute atomic E-state index is 9.51. The molecular formula is C52H64N4O6. The van der Waals surface area contributed by atoms with E-state index in [1.54, 1.807) is 63.2 Å². The average molecular weight is 841 g/mol. The molecule has 0 unspecified atom stereocenters. The van der Waals surface area contributed by atoms with Gasteiger partial charge >= 0.3 is 0 Å². The zero-order valence-corrected chi connectivity index (χ0v) is 38.4. The van der Waals surface area contributed by atoms with Crippen molar-refractivity contribution in [1.29, 1.82) is 5.26 Å². The highest BCUT2D eigenvalue weighted by atomic mass is 16.5. The van der Waals surface area contributed by atoms with Gasteiger partial charge in [-0.05, 0) is 155 Å². The van der Waals surface area contributed by atoms with Crippen LogP contribution in [0.3, 0.4) is 0 Å². The molecule has 328 valence electrons. The fourth-order valence-electron chi connectivity index (χ4n) is 4.97. The lowest BCUT2D eigenvalue weighted by molar-refractivity contribution is 0.373. The summed E-state index contributed by atoms with van der Waals surface area (Å²) in [5.41, 5.74) is 11.0. The molecule has 0 aliphatic carbocycles. The summed E-state index contributed by atoms with van der Waals surface area (Å²) < 4.78 is 15.1. The van der Waals surface area contributed by atoms with Gasteiger partial charge in [0.05, 0.1) is 21.3 Å². The first-order chi connectivity index (χ1) is 29.5. The number of rotatable bonds is 7. The van der Waals surface area contributed by atoms with Crippen molar-refractivity contribution in [2.45, 2.75) is 68.9 Å². The third-order valence-corrected chi connectivity index (χ3v) is 8.59. The molecule has 0 aliphatic heterocycles. The number of allylic oxidation sites excluding steroid dienone is 2. The van der Waals surface area contributed by atoms with E-state index in [0.717, 1.165) is 44.9 Å². The molecule has 0 aliphatic rings. The van der Waals surface area contributed by atoms with Crippen molar-refractivity contribution in [3.8, 4) is 40.6 Å². The van der Waals surface area contributed by atoms with Crippen molar-refractivity contribution in [1.82, 2.24) is 15.3 Å². The summed E-state index contributed by atoms with van der Waals surface area (Å²) in [6.45, 7) is 22.0. The van der Waals surface area contributed by atoms with Crippen LogP contribution in [0.1, 0.15) is 61.5 Å².